The number of rotatable bonds is 11. The highest BCUT2D eigenvalue weighted by atomic mass is 127. The van der Waals surface area contributed by atoms with E-state index < -0.39 is 10.0 Å². The molecule has 0 radical (unpaired) electrons. The van der Waals surface area contributed by atoms with Gasteiger partial charge in [0.25, 0.3) is 0 Å². The summed E-state index contributed by atoms with van der Waals surface area (Å²) in [6.07, 6.45) is 1.71. The summed E-state index contributed by atoms with van der Waals surface area (Å²) in [5.41, 5.74) is 2.22. The van der Waals surface area contributed by atoms with Crippen LogP contribution in [0.5, 0.6) is 5.75 Å². The lowest BCUT2D eigenvalue weighted by Crippen LogP contribution is -2.38. The van der Waals surface area contributed by atoms with Crippen molar-refractivity contribution >= 4 is 40.0 Å². The van der Waals surface area contributed by atoms with Crippen LogP contribution in [0, 0.1) is 12.8 Å². The van der Waals surface area contributed by atoms with Crippen molar-refractivity contribution in [2.24, 2.45) is 10.9 Å². The zero-order chi connectivity index (χ0) is 21.1. The standard InChI is InChI=1S/C20H34N4O4S.HI/c1-4-29(25,26)24-10-5-9-22-20(21-3)23-13-18-7-6-16(2)12-19(18)28-15-17-8-11-27-14-17;/h6-7,12,17,24H,4-5,8-11,13-15H2,1-3H3,(H2,21,22,23);1H. The zero-order valence-electron chi connectivity index (χ0n) is 18.1. The maximum absolute atomic E-state index is 11.4. The van der Waals surface area contributed by atoms with Gasteiger partial charge < -0.3 is 20.1 Å². The number of nitrogens with zero attached hydrogens (tertiary/aromatic N) is 1. The molecule has 8 nitrogen and oxygen atoms in total. The van der Waals surface area contributed by atoms with Crippen LogP contribution < -0.4 is 20.1 Å². The van der Waals surface area contributed by atoms with E-state index in [0.29, 0.717) is 44.5 Å². The van der Waals surface area contributed by atoms with Crippen LogP contribution in [-0.2, 0) is 21.3 Å². The molecule has 0 saturated carbocycles. The highest BCUT2D eigenvalue weighted by molar-refractivity contribution is 14.0. The van der Waals surface area contributed by atoms with Gasteiger partial charge in [-0.25, -0.2) is 13.1 Å². The van der Waals surface area contributed by atoms with Gasteiger partial charge in [0.15, 0.2) is 5.96 Å². The molecule has 1 unspecified atom stereocenters. The smallest absolute Gasteiger partial charge is 0.211 e. The van der Waals surface area contributed by atoms with Crippen LogP contribution in [0.1, 0.15) is 30.9 Å². The monoisotopic (exact) mass is 554 g/mol. The molecule has 1 aliphatic heterocycles. The number of hydrogen-bond acceptors (Lipinski definition) is 5. The van der Waals surface area contributed by atoms with Gasteiger partial charge in [-0.05, 0) is 38.3 Å². The minimum atomic E-state index is -3.14. The molecule has 1 aliphatic rings. The molecule has 1 aromatic carbocycles. The Morgan fingerprint density at radius 1 is 1.30 bits per heavy atom. The van der Waals surface area contributed by atoms with Gasteiger partial charge in [0, 0.05) is 44.8 Å². The van der Waals surface area contributed by atoms with E-state index in [-0.39, 0.29) is 29.7 Å². The Labute approximate surface area is 197 Å². The van der Waals surface area contributed by atoms with E-state index in [4.69, 9.17) is 9.47 Å². The Kier molecular flexibility index (Phi) is 12.6. The Balaban J connectivity index is 0.00000450. The lowest BCUT2D eigenvalue weighted by Gasteiger charge is -2.17. The molecule has 1 fully saturated rings. The molecule has 1 atom stereocenters. The first-order valence-electron chi connectivity index (χ1n) is 10.2. The lowest BCUT2D eigenvalue weighted by atomic mass is 10.1. The molecule has 0 aromatic heterocycles. The molecule has 172 valence electrons. The number of hydrogen-bond donors (Lipinski definition) is 3. The summed E-state index contributed by atoms with van der Waals surface area (Å²) in [5, 5.41) is 6.49. The minimum Gasteiger partial charge on any atom is -0.493 e. The molecule has 3 N–H and O–H groups in total. The van der Waals surface area contributed by atoms with Gasteiger partial charge in [-0.2, -0.15) is 0 Å². The molecule has 0 spiro atoms. The van der Waals surface area contributed by atoms with Crippen LogP contribution in [0.2, 0.25) is 0 Å². The molecule has 0 amide bonds. The van der Waals surface area contributed by atoms with Crippen molar-refractivity contribution in [3.63, 3.8) is 0 Å². The molecule has 30 heavy (non-hydrogen) atoms. The van der Waals surface area contributed by atoms with Crippen LogP contribution in [0.15, 0.2) is 23.2 Å². The number of aryl methyl sites for hydroxylation is 1. The van der Waals surface area contributed by atoms with Crippen molar-refractivity contribution in [3.05, 3.63) is 29.3 Å². The van der Waals surface area contributed by atoms with Crippen LogP contribution in [0.3, 0.4) is 0 Å². The van der Waals surface area contributed by atoms with E-state index >= 15 is 0 Å². The van der Waals surface area contributed by atoms with Gasteiger partial charge in [-0.3, -0.25) is 4.99 Å². The number of halogens is 1. The summed E-state index contributed by atoms with van der Waals surface area (Å²) in [4.78, 5) is 4.22. The van der Waals surface area contributed by atoms with Crippen LogP contribution in [0.25, 0.3) is 0 Å². The van der Waals surface area contributed by atoms with Crippen LogP contribution in [0.4, 0.5) is 0 Å². The first-order chi connectivity index (χ1) is 13.9. The third-order valence-electron chi connectivity index (χ3n) is 4.74. The molecule has 0 bridgehead atoms. The Morgan fingerprint density at radius 2 is 2.10 bits per heavy atom. The summed E-state index contributed by atoms with van der Waals surface area (Å²) in [7, 11) is -1.43. The van der Waals surface area contributed by atoms with E-state index in [1.165, 1.54) is 0 Å². The summed E-state index contributed by atoms with van der Waals surface area (Å²) >= 11 is 0. The third kappa shape index (κ3) is 9.80. The molecule has 10 heteroatoms. The normalized spacial score (nSPS) is 16.8. The zero-order valence-corrected chi connectivity index (χ0v) is 21.2. The van der Waals surface area contributed by atoms with Gasteiger partial charge in [0.1, 0.15) is 5.75 Å². The average Bonchev–Trinajstić information content (AvgIpc) is 3.23. The average molecular weight is 554 g/mol. The second kappa shape index (κ2) is 14.0. The number of guanidine groups is 1. The third-order valence-corrected chi connectivity index (χ3v) is 6.14. The van der Waals surface area contributed by atoms with Crippen LogP contribution in [-0.4, -0.2) is 60.1 Å². The molecule has 1 saturated heterocycles. The maximum Gasteiger partial charge on any atom is 0.211 e. The molecule has 0 aliphatic carbocycles. The van der Waals surface area contributed by atoms with Crippen molar-refractivity contribution in [1.82, 2.24) is 15.4 Å². The van der Waals surface area contributed by atoms with E-state index in [0.717, 1.165) is 36.5 Å². The summed E-state index contributed by atoms with van der Waals surface area (Å²) in [6.45, 7) is 7.53. The van der Waals surface area contributed by atoms with Crippen molar-refractivity contribution in [2.45, 2.75) is 33.2 Å². The number of nitrogens with one attached hydrogen (secondary N) is 3. The van der Waals surface area contributed by atoms with Crippen molar-refractivity contribution in [2.75, 3.05) is 45.7 Å². The Bertz CT molecular complexity index is 768. The van der Waals surface area contributed by atoms with Crippen molar-refractivity contribution < 1.29 is 17.9 Å². The molecular formula is C20H35IN4O4S. The van der Waals surface area contributed by atoms with E-state index in [9.17, 15) is 8.42 Å². The van der Waals surface area contributed by atoms with E-state index in [1.54, 1.807) is 14.0 Å². The first kappa shape index (κ1) is 26.9. The molecule has 1 heterocycles. The summed E-state index contributed by atoms with van der Waals surface area (Å²) in [6, 6.07) is 6.19. The van der Waals surface area contributed by atoms with E-state index in [2.05, 4.69) is 45.5 Å². The van der Waals surface area contributed by atoms with E-state index in [1.807, 2.05) is 0 Å². The maximum atomic E-state index is 11.4. The SMILES string of the molecule is CCS(=O)(=O)NCCCNC(=NC)NCc1ccc(C)cc1OCC1CCOC1.I. The highest BCUT2D eigenvalue weighted by Crippen LogP contribution is 2.22. The second-order valence-corrected chi connectivity index (χ2v) is 9.25. The van der Waals surface area contributed by atoms with Gasteiger partial charge in [0.2, 0.25) is 10.0 Å². The molecule has 2 rings (SSSR count). The number of ether oxygens (including phenoxy) is 2. The topological polar surface area (TPSA) is 101 Å². The fourth-order valence-corrected chi connectivity index (χ4v) is 3.55. The molecular weight excluding hydrogens is 519 g/mol. The van der Waals surface area contributed by atoms with Gasteiger partial charge in [-0.1, -0.05) is 12.1 Å². The largest absolute Gasteiger partial charge is 0.493 e. The van der Waals surface area contributed by atoms with Gasteiger partial charge in [-0.15, -0.1) is 24.0 Å². The predicted molar refractivity (Wildman–Crippen MR) is 131 cm³/mol. The summed E-state index contributed by atoms with van der Waals surface area (Å²) < 4.78 is 36.9. The first-order valence-corrected chi connectivity index (χ1v) is 11.8. The Morgan fingerprint density at radius 3 is 2.77 bits per heavy atom. The fourth-order valence-electron chi connectivity index (χ4n) is 2.89. The van der Waals surface area contributed by atoms with Crippen LogP contribution >= 0.6 is 24.0 Å². The number of aliphatic imine (C=N–C) groups is 1. The van der Waals surface area contributed by atoms with Crippen molar-refractivity contribution in [3.8, 4) is 5.75 Å². The molecule has 1 aromatic rings. The van der Waals surface area contributed by atoms with Crippen molar-refractivity contribution in [1.29, 1.82) is 0 Å². The number of benzene rings is 1. The quantitative estimate of drug-likeness (QED) is 0.168. The second-order valence-electron chi connectivity index (χ2n) is 7.16. The lowest BCUT2D eigenvalue weighted by molar-refractivity contribution is 0.166. The van der Waals surface area contributed by atoms with Gasteiger partial charge >= 0.3 is 0 Å². The minimum absolute atomic E-state index is 0. The number of sulfonamides is 1. The predicted octanol–water partition coefficient (Wildman–Crippen LogP) is 2.02. The summed E-state index contributed by atoms with van der Waals surface area (Å²) in [5.74, 6) is 2.10. The Hall–Kier alpha value is -1.11. The highest BCUT2D eigenvalue weighted by Gasteiger charge is 2.17. The fraction of sp³-hybridized carbons (Fsp3) is 0.650. The van der Waals surface area contributed by atoms with Gasteiger partial charge in [0.05, 0.1) is 19.0 Å².